The number of hydrogen-bond donors (Lipinski definition) is 3. The number of nitrogens with two attached hydrogens (primary N) is 1. The highest BCUT2D eigenvalue weighted by Crippen LogP contribution is 2.32. The van der Waals surface area contributed by atoms with Crippen LogP contribution in [0, 0.1) is 6.92 Å². The van der Waals surface area contributed by atoms with E-state index in [2.05, 4.69) is 20.4 Å². The van der Waals surface area contributed by atoms with Crippen molar-refractivity contribution in [2.75, 3.05) is 11.1 Å². The van der Waals surface area contributed by atoms with E-state index in [-0.39, 0.29) is 12.1 Å². The molecule has 0 aromatic carbocycles. The Morgan fingerprint density at radius 1 is 1.19 bits per heavy atom. The van der Waals surface area contributed by atoms with E-state index in [1.807, 2.05) is 32.2 Å². The Morgan fingerprint density at radius 2 is 2.06 bits per heavy atom. The van der Waals surface area contributed by atoms with Gasteiger partial charge in [0.25, 0.3) is 0 Å². The van der Waals surface area contributed by atoms with E-state index in [0.717, 1.165) is 46.9 Å². The van der Waals surface area contributed by atoms with Gasteiger partial charge in [-0.2, -0.15) is 5.10 Å². The number of rotatable bonds is 5. The first-order chi connectivity index (χ1) is 15.5. The summed E-state index contributed by atoms with van der Waals surface area (Å²) in [7, 11) is 0. The molecule has 4 aromatic heterocycles. The van der Waals surface area contributed by atoms with E-state index in [0.29, 0.717) is 29.7 Å². The van der Waals surface area contributed by atoms with Crippen LogP contribution in [0.4, 0.5) is 11.6 Å². The van der Waals surface area contributed by atoms with Gasteiger partial charge in [-0.05, 0) is 44.7 Å². The number of aromatic nitrogens is 6. The number of nitrogens with zero attached hydrogens (tertiary/aromatic N) is 6. The fraction of sp³-hybridized carbons (Fsp3) is 0.348. The van der Waals surface area contributed by atoms with Crippen molar-refractivity contribution in [1.29, 1.82) is 0 Å². The topological polar surface area (TPSA) is 128 Å². The number of anilines is 2. The van der Waals surface area contributed by atoms with Crippen LogP contribution in [0.3, 0.4) is 0 Å². The summed E-state index contributed by atoms with van der Waals surface area (Å²) in [5.74, 6) is 1.09. The molecular formula is C23H26N8O. The molecule has 1 aliphatic carbocycles. The molecule has 164 valence electrons. The Balaban J connectivity index is 1.59. The molecule has 9 heteroatoms. The van der Waals surface area contributed by atoms with Crippen LogP contribution in [0.5, 0.6) is 0 Å². The average molecular weight is 431 g/mol. The Kier molecular flexibility index (Phi) is 5.18. The molecule has 0 saturated heterocycles. The highest BCUT2D eigenvalue weighted by Gasteiger charge is 2.24. The fourth-order valence-electron chi connectivity index (χ4n) is 4.22. The molecule has 2 atom stereocenters. The molecule has 0 radical (unpaired) electrons. The van der Waals surface area contributed by atoms with Crippen LogP contribution < -0.4 is 11.1 Å². The second-order valence-electron chi connectivity index (χ2n) is 8.26. The molecule has 0 bridgehead atoms. The number of fused-ring (bicyclic) bond motifs is 1. The van der Waals surface area contributed by atoms with E-state index in [1.54, 1.807) is 23.3 Å². The van der Waals surface area contributed by atoms with Crippen LogP contribution in [-0.2, 0) is 6.42 Å². The highest BCUT2D eigenvalue weighted by atomic mass is 16.3. The largest absolute Gasteiger partial charge is 0.393 e. The monoisotopic (exact) mass is 430 g/mol. The third-order valence-electron chi connectivity index (χ3n) is 5.92. The van der Waals surface area contributed by atoms with E-state index in [1.165, 1.54) is 0 Å². The lowest BCUT2D eigenvalue weighted by molar-refractivity contribution is 0.182. The van der Waals surface area contributed by atoms with Gasteiger partial charge in [0, 0.05) is 41.5 Å². The minimum atomic E-state index is -0.260. The molecule has 0 aliphatic heterocycles. The van der Waals surface area contributed by atoms with Crippen LogP contribution in [-0.4, -0.2) is 47.0 Å². The van der Waals surface area contributed by atoms with E-state index >= 15 is 0 Å². The number of aryl methyl sites for hydroxylation is 2. The number of nitrogens with one attached hydrogen (secondary N) is 1. The number of aliphatic hydroxyl groups excluding tert-OH is 1. The summed E-state index contributed by atoms with van der Waals surface area (Å²) in [5.41, 5.74) is 11.8. The van der Waals surface area contributed by atoms with Gasteiger partial charge in [-0.25, -0.2) is 19.6 Å². The van der Waals surface area contributed by atoms with Crippen LogP contribution in [0.15, 0.2) is 36.9 Å². The Morgan fingerprint density at radius 3 is 2.81 bits per heavy atom. The van der Waals surface area contributed by atoms with Gasteiger partial charge in [0.2, 0.25) is 0 Å². The van der Waals surface area contributed by atoms with Crippen molar-refractivity contribution >= 4 is 22.7 Å². The van der Waals surface area contributed by atoms with Gasteiger partial charge in [0.1, 0.15) is 16.9 Å². The molecule has 32 heavy (non-hydrogen) atoms. The van der Waals surface area contributed by atoms with E-state index < -0.39 is 0 Å². The van der Waals surface area contributed by atoms with E-state index in [9.17, 15) is 5.11 Å². The molecule has 4 heterocycles. The maximum atomic E-state index is 9.90. The zero-order chi connectivity index (χ0) is 22.2. The lowest BCUT2D eigenvalue weighted by Crippen LogP contribution is -2.19. The number of nitrogen functional groups attached to an aromatic ring is 1. The Bertz CT molecular complexity index is 1280. The summed E-state index contributed by atoms with van der Waals surface area (Å²) in [4.78, 5) is 18.4. The van der Waals surface area contributed by atoms with Crippen molar-refractivity contribution in [3.8, 4) is 16.8 Å². The maximum Gasteiger partial charge on any atom is 0.151 e. The second-order valence-corrected chi connectivity index (χ2v) is 8.26. The van der Waals surface area contributed by atoms with Gasteiger partial charge >= 0.3 is 0 Å². The summed E-state index contributed by atoms with van der Waals surface area (Å²) in [6, 6.07) is 4.07. The van der Waals surface area contributed by atoms with Crippen LogP contribution in [0.25, 0.3) is 27.8 Å². The van der Waals surface area contributed by atoms with Crippen molar-refractivity contribution < 1.29 is 5.11 Å². The summed E-state index contributed by atoms with van der Waals surface area (Å²) in [6.07, 6.45) is 10.1. The zero-order valence-electron chi connectivity index (χ0n) is 18.2. The maximum absolute atomic E-state index is 9.90. The van der Waals surface area contributed by atoms with Gasteiger partial charge in [-0.15, -0.1) is 0 Å². The van der Waals surface area contributed by atoms with Gasteiger partial charge in [-0.3, -0.25) is 4.98 Å². The standard InChI is InChI=1S/C23H26N8O/c1-3-19-23(28-15-4-5-17(32)9-15)30-20-18(11-26-22(24)21(20)29-19)14-10-27-31(12-14)16-6-7-25-13(2)8-16/h6-8,10-12,15,17,32H,3-5,9H2,1-2H3,(H2,24,26)(H,28,30)/t15-,17+/m1/s1. The van der Waals surface area contributed by atoms with Crippen molar-refractivity contribution in [1.82, 2.24) is 29.7 Å². The molecule has 0 amide bonds. The third kappa shape index (κ3) is 3.75. The third-order valence-corrected chi connectivity index (χ3v) is 5.92. The molecule has 4 aromatic rings. The number of hydrogen-bond acceptors (Lipinski definition) is 8. The fourth-order valence-corrected chi connectivity index (χ4v) is 4.22. The molecule has 5 rings (SSSR count). The molecule has 1 fully saturated rings. The number of aliphatic hydroxyl groups is 1. The van der Waals surface area contributed by atoms with Crippen LogP contribution >= 0.6 is 0 Å². The quantitative estimate of drug-likeness (QED) is 0.441. The lowest BCUT2D eigenvalue weighted by atomic mass is 10.1. The molecule has 1 aliphatic rings. The molecule has 9 nitrogen and oxygen atoms in total. The summed E-state index contributed by atoms with van der Waals surface area (Å²) in [6.45, 7) is 3.99. The van der Waals surface area contributed by atoms with Crippen molar-refractivity contribution in [3.63, 3.8) is 0 Å². The van der Waals surface area contributed by atoms with Gasteiger partial charge < -0.3 is 16.2 Å². The Labute approximate surface area is 185 Å². The van der Waals surface area contributed by atoms with Gasteiger partial charge in [0.15, 0.2) is 5.82 Å². The zero-order valence-corrected chi connectivity index (χ0v) is 18.2. The van der Waals surface area contributed by atoms with Crippen molar-refractivity contribution in [2.45, 2.75) is 51.7 Å². The van der Waals surface area contributed by atoms with Crippen molar-refractivity contribution in [3.05, 3.63) is 48.3 Å². The van der Waals surface area contributed by atoms with Gasteiger partial charge in [0.05, 0.1) is 23.7 Å². The SMILES string of the molecule is CCc1nc2c(N)ncc(-c3cnn(-c4ccnc(C)c4)c3)c2nc1N[C@@H]1CC[C@H](O)C1. The first-order valence-corrected chi connectivity index (χ1v) is 10.9. The van der Waals surface area contributed by atoms with E-state index in [4.69, 9.17) is 15.7 Å². The molecule has 4 N–H and O–H groups in total. The first kappa shape index (κ1) is 20.3. The normalized spacial score (nSPS) is 18.3. The summed E-state index contributed by atoms with van der Waals surface area (Å²) in [5, 5.41) is 17.9. The second kappa shape index (κ2) is 8.16. The minimum absolute atomic E-state index is 0.183. The molecule has 0 spiro atoms. The smallest absolute Gasteiger partial charge is 0.151 e. The average Bonchev–Trinajstić information content (AvgIpc) is 3.43. The predicted molar refractivity (Wildman–Crippen MR) is 123 cm³/mol. The number of pyridine rings is 2. The van der Waals surface area contributed by atoms with Crippen LogP contribution in [0.2, 0.25) is 0 Å². The summed E-state index contributed by atoms with van der Waals surface area (Å²) >= 11 is 0. The first-order valence-electron chi connectivity index (χ1n) is 10.9. The molecule has 1 saturated carbocycles. The summed E-state index contributed by atoms with van der Waals surface area (Å²) < 4.78 is 1.80. The van der Waals surface area contributed by atoms with Crippen LogP contribution in [0.1, 0.15) is 37.6 Å². The molecule has 0 unspecified atom stereocenters. The van der Waals surface area contributed by atoms with Crippen molar-refractivity contribution in [2.24, 2.45) is 0 Å². The highest BCUT2D eigenvalue weighted by molar-refractivity contribution is 5.96. The van der Waals surface area contributed by atoms with Gasteiger partial charge in [-0.1, -0.05) is 6.92 Å². The predicted octanol–water partition coefficient (Wildman–Crippen LogP) is 3.05. The minimum Gasteiger partial charge on any atom is -0.393 e. The lowest BCUT2D eigenvalue weighted by Gasteiger charge is -2.17. The molecular weight excluding hydrogens is 404 g/mol. The Hall–Kier alpha value is -3.59.